The van der Waals surface area contributed by atoms with E-state index in [9.17, 15) is 9.59 Å². The highest BCUT2D eigenvalue weighted by Gasteiger charge is 2.11. The third-order valence-corrected chi connectivity index (χ3v) is 3.35. The summed E-state index contributed by atoms with van der Waals surface area (Å²) < 4.78 is 0. The predicted molar refractivity (Wildman–Crippen MR) is 73.9 cm³/mol. The average Bonchev–Trinajstić information content (AvgIpc) is 2.82. The van der Waals surface area contributed by atoms with Crippen molar-refractivity contribution in [2.75, 3.05) is 13.1 Å². The third kappa shape index (κ3) is 4.09. The van der Waals surface area contributed by atoms with Crippen LogP contribution in [0.15, 0.2) is 18.2 Å². The summed E-state index contributed by atoms with van der Waals surface area (Å²) in [6, 6.07) is 6.33. The van der Waals surface area contributed by atoms with Crippen LogP contribution in [-0.2, 0) is 28.9 Å². The molecule has 0 bridgehead atoms. The summed E-state index contributed by atoms with van der Waals surface area (Å²) in [5.41, 5.74) is 3.89. The van der Waals surface area contributed by atoms with Crippen molar-refractivity contribution in [2.24, 2.45) is 0 Å². The van der Waals surface area contributed by atoms with Gasteiger partial charge < -0.3 is 10.6 Å². The first-order chi connectivity index (χ1) is 9.15. The van der Waals surface area contributed by atoms with Gasteiger partial charge in [-0.05, 0) is 36.0 Å². The van der Waals surface area contributed by atoms with Crippen molar-refractivity contribution in [1.82, 2.24) is 10.6 Å². The van der Waals surface area contributed by atoms with E-state index in [0.29, 0.717) is 19.5 Å². The molecular weight excluding hydrogens is 240 g/mol. The molecule has 0 aromatic heterocycles. The van der Waals surface area contributed by atoms with Crippen LogP contribution in [0.4, 0.5) is 0 Å². The van der Waals surface area contributed by atoms with Crippen molar-refractivity contribution >= 4 is 11.8 Å². The summed E-state index contributed by atoms with van der Waals surface area (Å²) >= 11 is 0. The Morgan fingerprint density at radius 2 is 1.84 bits per heavy atom. The van der Waals surface area contributed by atoms with Crippen LogP contribution in [0.3, 0.4) is 0 Å². The van der Waals surface area contributed by atoms with Crippen molar-refractivity contribution in [3.05, 3.63) is 34.9 Å². The summed E-state index contributed by atoms with van der Waals surface area (Å²) in [6.45, 7) is 2.42. The Morgan fingerprint density at radius 3 is 2.63 bits per heavy atom. The van der Waals surface area contributed by atoms with E-state index in [4.69, 9.17) is 0 Å². The topological polar surface area (TPSA) is 58.2 Å². The van der Waals surface area contributed by atoms with E-state index in [1.165, 1.54) is 30.9 Å². The molecule has 1 aliphatic rings. The van der Waals surface area contributed by atoms with Gasteiger partial charge in [-0.25, -0.2) is 0 Å². The number of benzene rings is 1. The van der Waals surface area contributed by atoms with Gasteiger partial charge in [0.1, 0.15) is 0 Å². The van der Waals surface area contributed by atoms with Gasteiger partial charge in [0.05, 0.1) is 6.42 Å². The molecule has 0 saturated heterocycles. The summed E-state index contributed by atoms with van der Waals surface area (Å²) in [4.78, 5) is 22.4. The SMILES string of the molecule is CC(=O)NCCNC(=O)Cc1ccc2c(c1)CCC2. The number of amides is 2. The van der Waals surface area contributed by atoms with E-state index in [-0.39, 0.29) is 11.8 Å². The van der Waals surface area contributed by atoms with Gasteiger partial charge in [-0.15, -0.1) is 0 Å². The Kier molecular flexibility index (Phi) is 4.55. The molecule has 4 nitrogen and oxygen atoms in total. The first-order valence-electron chi connectivity index (χ1n) is 6.77. The van der Waals surface area contributed by atoms with E-state index in [2.05, 4.69) is 22.8 Å². The highest BCUT2D eigenvalue weighted by Crippen LogP contribution is 2.22. The lowest BCUT2D eigenvalue weighted by molar-refractivity contribution is -0.121. The molecule has 0 spiro atoms. The van der Waals surface area contributed by atoms with Crippen LogP contribution in [0.2, 0.25) is 0 Å². The third-order valence-electron chi connectivity index (χ3n) is 3.35. The normalized spacial score (nSPS) is 12.9. The Balaban J connectivity index is 1.77. The largest absolute Gasteiger partial charge is 0.355 e. The van der Waals surface area contributed by atoms with Crippen LogP contribution < -0.4 is 10.6 Å². The summed E-state index contributed by atoms with van der Waals surface area (Å²) in [6.07, 6.45) is 3.93. The second-order valence-corrected chi connectivity index (χ2v) is 4.97. The van der Waals surface area contributed by atoms with E-state index < -0.39 is 0 Å². The minimum Gasteiger partial charge on any atom is -0.355 e. The first-order valence-corrected chi connectivity index (χ1v) is 6.77. The van der Waals surface area contributed by atoms with Gasteiger partial charge in [0.15, 0.2) is 0 Å². The molecule has 0 atom stereocenters. The number of carbonyl (C=O) groups excluding carboxylic acids is 2. The molecular formula is C15H20N2O2. The minimum absolute atomic E-state index is 0.00305. The number of rotatable bonds is 5. The predicted octanol–water partition coefficient (Wildman–Crippen LogP) is 0.970. The van der Waals surface area contributed by atoms with Gasteiger partial charge in [-0.2, -0.15) is 0 Å². The van der Waals surface area contributed by atoms with Crippen LogP contribution in [0, 0.1) is 0 Å². The number of carbonyl (C=O) groups is 2. The van der Waals surface area contributed by atoms with E-state index in [0.717, 1.165) is 12.0 Å². The summed E-state index contributed by atoms with van der Waals surface area (Å²) in [7, 11) is 0. The van der Waals surface area contributed by atoms with Gasteiger partial charge in [-0.3, -0.25) is 9.59 Å². The Hall–Kier alpha value is -1.84. The highest BCUT2D eigenvalue weighted by molar-refractivity contribution is 5.78. The van der Waals surface area contributed by atoms with Crippen molar-refractivity contribution in [2.45, 2.75) is 32.6 Å². The zero-order valence-corrected chi connectivity index (χ0v) is 11.3. The molecule has 4 heteroatoms. The molecule has 1 aromatic carbocycles. The molecule has 0 fully saturated rings. The molecule has 1 aromatic rings. The Morgan fingerprint density at radius 1 is 1.11 bits per heavy atom. The van der Waals surface area contributed by atoms with Crippen LogP contribution in [0.5, 0.6) is 0 Å². The smallest absolute Gasteiger partial charge is 0.224 e. The quantitative estimate of drug-likeness (QED) is 0.775. The van der Waals surface area contributed by atoms with Crippen LogP contribution in [0.1, 0.15) is 30.0 Å². The molecule has 0 radical (unpaired) electrons. The van der Waals surface area contributed by atoms with Crippen LogP contribution in [0.25, 0.3) is 0 Å². The maximum Gasteiger partial charge on any atom is 0.224 e. The Labute approximate surface area is 113 Å². The standard InChI is InChI=1S/C15H20N2O2/c1-11(18)16-7-8-17-15(19)10-12-5-6-13-3-2-4-14(13)9-12/h5-6,9H,2-4,7-8,10H2,1H3,(H,16,18)(H,17,19). The monoisotopic (exact) mass is 260 g/mol. The maximum absolute atomic E-state index is 11.7. The molecule has 0 saturated carbocycles. The number of fused-ring (bicyclic) bond motifs is 1. The van der Waals surface area contributed by atoms with Gasteiger partial charge in [0.2, 0.25) is 11.8 Å². The summed E-state index contributed by atoms with van der Waals surface area (Å²) in [5.74, 6) is -0.0730. The van der Waals surface area contributed by atoms with Gasteiger partial charge >= 0.3 is 0 Å². The second-order valence-electron chi connectivity index (χ2n) is 4.97. The molecule has 0 aliphatic heterocycles. The van der Waals surface area contributed by atoms with Gasteiger partial charge in [0, 0.05) is 20.0 Å². The second kappa shape index (κ2) is 6.36. The minimum atomic E-state index is -0.0760. The van der Waals surface area contributed by atoms with Crippen molar-refractivity contribution in [3.63, 3.8) is 0 Å². The molecule has 1 aliphatic carbocycles. The van der Waals surface area contributed by atoms with Crippen molar-refractivity contribution in [3.8, 4) is 0 Å². The molecule has 2 amide bonds. The highest BCUT2D eigenvalue weighted by atomic mass is 16.2. The molecule has 19 heavy (non-hydrogen) atoms. The molecule has 0 unspecified atom stereocenters. The first kappa shape index (κ1) is 13.6. The summed E-state index contributed by atoms with van der Waals surface area (Å²) in [5, 5.41) is 5.45. The number of aryl methyl sites for hydroxylation is 2. The molecule has 2 rings (SSSR count). The van der Waals surface area contributed by atoms with Crippen LogP contribution >= 0.6 is 0 Å². The lowest BCUT2D eigenvalue weighted by atomic mass is 10.0. The number of hydrogen-bond donors (Lipinski definition) is 2. The lowest BCUT2D eigenvalue weighted by Gasteiger charge is -2.07. The van der Waals surface area contributed by atoms with Gasteiger partial charge in [0.25, 0.3) is 0 Å². The fourth-order valence-corrected chi connectivity index (χ4v) is 2.42. The molecule has 2 N–H and O–H groups in total. The van der Waals surface area contributed by atoms with E-state index >= 15 is 0 Å². The van der Waals surface area contributed by atoms with Crippen molar-refractivity contribution < 1.29 is 9.59 Å². The van der Waals surface area contributed by atoms with Crippen molar-refractivity contribution in [1.29, 1.82) is 0 Å². The zero-order valence-electron chi connectivity index (χ0n) is 11.3. The Bertz CT molecular complexity index is 483. The maximum atomic E-state index is 11.7. The fourth-order valence-electron chi connectivity index (χ4n) is 2.42. The van der Waals surface area contributed by atoms with Crippen LogP contribution in [-0.4, -0.2) is 24.9 Å². The number of hydrogen-bond acceptors (Lipinski definition) is 2. The zero-order chi connectivity index (χ0) is 13.7. The fraction of sp³-hybridized carbons (Fsp3) is 0.467. The van der Waals surface area contributed by atoms with Gasteiger partial charge in [-0.1, -0.05) is 18.2 Å². The molecule has 0 heterocycles. The number of nitrogens with one attached hydrogen (secondary N) is 2. The van der Waals surface area contributed by atoms with E-state index in [1.807, 2.05) is 6.07 Å². The van der Waals surface area contributed by atoms with E-state index in [1.54, 1.807) is 0 Å². The lowest BCUT2D eigenvalue weighted by Crippen LogP contribution is -2.34. The average molecular weight is 260 g/mol. The molecule has 102 valence electrons.